The van der Waals surface area contributed by atoms with Crippen LogP contribution in [0.5, 0.6) is 0 Å². The first kappa shape index (κ1) is 13.6. The quantitative estimate of drug-likeness (QED) is 0.907. The maximum Gasteiger partial charge on any atom is 0.178 e. The van der Waals surface area contributed by atoms with Crippen LogP contribution in [0.1, 0.15) is 31.4 Å². The number of hydrogen-bond donors (Lipinski definition) is 1. The summed E-state index contributed by atoms with van der Waals surface area (Å²) in [5.74, 6) is 0.106. The van der Waals surface area contributed by atoms with Gasteiger partial charge in [0.15, 0.2) is 9.84 Å². The van der Waals surface area contributed by atoms with Gasteiger partial charge < -0.3 is 5.73 Å². The van der Waals surface area contributed by atoms with E-state index < -0.39 is 9.84 Å². The third-order valence-corrected chi connectivity index (χ3v) is 5.70. The van der Waals surface area contributed by atoms with E-state index >= 15 is 0 Å². The van der Waals surface area contributed by atoms with Gasteiger partial charge >= 0.3 is 0 Å². The molecule has 0 radical (unpaired) electrons. The van der Waals surface area contributed by atoms with Crippen LogP contribution < -0.4 is 5.73 Å². The molecule has 3 nitrogen and oxygen atoms in total. The Morgan fingerprint density at radius 1 is 1.22 bits per heavy atom. The molecule has 18 heavy (non-hydrogen) atoms. The Hall–Kier alpha value is -0.870. The third kappa shape index (κ3) is 2.75. The summed E-state index contributed by atoms with van der Waals surface area (Å²) < 4.78 is 24.7. The normalized spacial score (nSPS) is 15.7. The van der Waals surface area contributed by atoms with Gasteiger partial charge in [0.2, 0.25) is 0 Å². The van der Waals surface area contributed by atoms with Crippen molar-refractivity contribution in [3.63, 3.8) is 0 Å². The molecule has 0 atom stereocenters. The van der Waals surface area contributed by atoms with Gasteiger partial charge in [-0.2, -0.15) is 0 Å². The Balaban J connectivity index is 2.31. The average molecular weight is 267 g/mol. The highest BCUT2D eigenvalue weighted by Crippen LogP contribution is 2.27. The number of nitrogens with two attached hydrogens (primary N) is 1. The Morgan fingerprint density at radius 2 is 1.89 bits per heavy atom. The number of rotatable bonds is 4. The number of sulfone groups is 1. The average Bonchev–Trinajstić information content (AvgIpc) is 2.74. The van der Waals surface area contributed by atoms with E-state index in [9.17, 15) is 8.42 Å². The van der Waals surface area contributed by atoms with Gasteiger partial charge in [-0.1, -0.05) is 19.9 Å². The highest BCUT2D eigenvalue weighted by atomic mass is 32.2. The zero-order valence-electron chi connectivity index (χ0n) is 11.1. The van der Waals surface area contributed by atoms with Crippen LogP contribution in [-0.4, -0.2) is 20.7 Å². The Morgan fingerprint density at radius 3 is 2.56 bits per heavy atom. The second-order valence-corrected chi connectivity index (χ2v) is 7.90. The van der Waals surface area contributed by atoms with Crippen molar-refractivity contribution < 1.29 is 8.42 Å². The minimum absolute atomic E-state index is 0.106. The smallest absolute Gasteiger partial charge is 0.178 e. The van der Waals surface area contributed by atoms with Crippen molar-refractivity contribution in [1.29, 1.82) is 0 Å². The second-order valence-electron chi connectivity index (χ2n) is 5.91. The fraction of sp³-hybridized carbons (Fsp3) is 0.571. The van der Waals surface area contributed by atoms with E-state index in [0.717, 1.165) is 19.3 Å². The lowest BCUT2D eigenvalue weighted by molar-refractivity contribution is 0.425. The molecule has 0 aromatic heterocycles. The maximum atomic E-state index is 12.4. The fourth-order valence-corrected chi connectivity index (χ4v) is 4.31. The van der Waals surface area contributed by atoms with Crippen molar-refractivity contribution in [2.24, 2.45) is 11.1 Å². The lowest BCUT2D eigenvalue weighted by Gasteiger charge is -2.22. The van der Waals surface area contributed by atoms with Crippen LogP contribution in [0.3, 0.4) is 0 Å². The summed E-state index contributed by atoms with van der Waals surface area (Å²) in [6, 6.07) is 5.56. The van der Waals surface area contributed by atoms with Gasteiger partial charge in [-0.15, -0.1) is 0 Å². The number of benzene rings is 1. The molecule has 0 saturated heterocycles. The van der Waals surface area contributed by atoms with E-state index in [1.807, 2.05) is 26.0 Å². The molecular weight excluding hydrogens is 246 g/mol. The molecule has 1 aromatic rings. The van der Waals surface area contributed by atoms with E-state index in [-0.39, 0.29) is 11.2 Å². The minimum atomic E-state index is -3.23. The first-order valence-electron chi connectivity index (χ1n) is 6.39. The number of aryl methyl sites for hydroxylation is 2. The predicted molar refractivity (Wildman–Crippen MR) is 73.4 cm³/mol. The van der Waals surface area contributed by atoms with Gasteiger partial charge in [-0.05, 0) is 54.5 Å². The molecule has 100 valence electrons. The maximum absolute atomic E-state index is 12.4. The fourth-order valence-electron chi connectivity index (χ4n) is 2.40. The lowest BCUT2D eigenvalue weighted by Crippen LogP contribution is -2.31. The Kier molecular flexibility index (Phi) is 3.52. The monoisotopic (exact) mass is 267 g/mol. The van der Waals surface area contributed by atoms with Crippen LogP contribution in [0.15, 0.2) is 23.1 Å². The molecule has 0 heterocycles. The Bertz CT molecular complexity index is 547. The standard InChI is InChI=1S/C14H21NO2S/c1-14(2,9-15)10-18(16,17)13-7-6-11-4-3-5-12(11)8-13/h6-8H,3-5,9-10,15H2,1-2H3. The molecule has 1 aromatic carbocycles. The molecule has 2 N–H and O–H groups in total. The van der Waals surface area contributed by atoms with Crippen molar-refractivity contribution in [2.45, 2.75) is 38.0 Å². The highest BCUT2D eigenvalue weighted by Gasteiger charge is 2.27. The molecule has 1 aliphatic rings. The van der Waals surface area contributed by atoms with Gasteiger partial charge in [0, 0.05) is 0 Å². The van der Waals surface area contributed by atoms with Crippen LogP contribution in [0.2, 0.25) is 0 Å². The zero-order valence-corrected chi connectivity index (χ0v) is 11.9. The summed E-state index contributed by atoms with van der Waals surface area (Å²) in [5, 5.41) is 0. The largest absolute Gasteiger partial charge is 0.330 e. The summed E-state index contributed by atoms with van der Waals surface area (Å²) in [6.45, 7) is 4.15. The summed E-state index contributed by atoms with van der Waals surface area (Å²) in [6.07, 6.45) is 3.20. The van der Waals surface area contributed by atoms with Crippen LogP contribution in [0.25, 0.3) is 0 Å². The van der Waals surface area contributed by atoms with Gasteiger partial charge in [-0.3, -0.25) is 0 Å². The van der Waals surface area contributed by atoms with Crippen molar-refractivity contribution in [1.82, 2.24) is 0 Å². The lowest BCUT2D eigenvalue weighted by atomic mass is 9.97. The number of fused-ring (bicyclic) bond motifs is 1. The molecule has 0 saturated carbocycles. The van der Waals surface area contributed by atoms with Crippen LogP contribution in [0, 0.1) is 5.41 Å². The van der Waals surface area contributed by atoms with Crippen LogP contribution >= 0.6 is 0 Å². The topological polar surface area (TPSA) is 60.2 Å². The SMILES string of the molecule is CC(C)(CN)CS(=O)(=O)c1ccc2c(c1)CCC2. The summed E-state index contributed by atoms with van der Waals surface area (Å²) >= 11 is 0. The van der Waals surface area contributed by atoms with E-state index in [4.69, 9.17) is 5.73 Å². The van der Waals surface area contributed by atoms with Crippen molar-refractivity contribution in [2.75, 3.05) is 12.3 Å². The summed E-state index contributed by atoms with van der Waals surface area (Å²) in [5.41, 5.74) is 7.73. The second kappa shape index (κ2) is 4.67. The van der Waals surface area contributed by atoms with Crippen LogP contribution in [-0.2, 0) is 22.7 Å². The summed E-state index contributed by atoms with van der Waals surface area (Å²) in [7, 11) is -3.23. The van der Waals surface area contributed by atoms with Gasteiger partial charge in [0.1, 0.15) is 0 Å². The first-order valence-corrected chi connectivity index (χ1v) is 8.04. The van der Waals surface area contributed by atoms with Crippen molar-refractivity contribution in [3.05, 3.63) is 29.3 Å². The molecular formula is C14H21NO2S. The molecule has 0 bridgehead atoms. The molecule has 4 heteroatoms. The third-order valence-electron chi connectivity index (χ3n) is 3.56. The highest BCUT2D eigenvalue weighted by molar-refractivity contribution is 7.91. The number of hydrogen-bond acceptors (Lipinski definition) is 3. The van der Waals surface area contributed by atoms with Crippen LogP contribution in [0.4, 0.5) is 0 Å². The van der Waals surface area contributed by atoms with E-state index in [0.29, 0.717) is 11.4 Å². The Labute approximate surface area is 109 Å². The molecule has 0 fully saturated rings. The van der Waals surface area contributed by atoms with E-state index in [1.165, 1.54) is 11.1 Å². The molecule has 2 rings (SSSR count). The van der Waals surface area contributed by atoms with E-state index in [1.54, 1.807) is 6.07 Å². The van der Waals surface area contributed by atoms with Crippen molar-refractivity contribution >= 4 is 9.84 Å². The molecule has 0 spiro atoms. The molecule has 0 unspecified atom stereocenters. The van der Waals surface area contributed by atoms with Gasteiger partial charge in [0.05, 0.1) is 10.6 Å². The minimum Gasteiger partial charge on any atom is -0.330 e. The predicted octanol–water partition coefficient (Wildman–Crippen LogP) is 1.93. The molecule has 1 aliphatic carbocycles. The van der Waals surface area contributed by atoms with Gasteiger partial charge in [-0.25, -0.2) is 8.42 Å². The first-order chi connectivity index (χ1) is 8.34. The van der Waals surface area contributed by atoms with Gasteiger partial charge in [0.25, 0.3) is 0 Å². The zero-order chi connectivity index (χ0) is 13.4. The van der Waals surface area contributed by atoms with E-state index in [2.05, 4.69) is 0 Å². The van der Waals surface area contributed by atoms with Crippen molar-refractivity contribution in [3.8, 4) is 0 Å². The molecule has 0 aliphatic heterocycles. The molecule has 0 amide bonds. The summed E-state index contributed by atoms with van der Waals surface area (Å²) in [4.78, 5) is 0.449.